The first kappa shape index (κ1) is 22.7. The summed E-state index contributed by atoms with van der Waals surface area (Å²) in [6.45, 7) is 1.52. The van der Waals surface area contributed by atoms with E-state index < -0.39 is 11.7 Å². The number of carbonyl (C=O) groups excluding carboxylic acids is 2. The van der Waals surface area contributed by atoms with Gasteiger partial charge in [0.1, 0.15) is 11.6 Å². The summed E-state index contributed by atoms with van der Waals surface area (Å²) in [5, 5.41) is 0. The average molecular weight is 477 g/mol. The Morgan fingerprint density at radius 3 is 2.57 bits per heavy atom. The number of primary amides is 1. The normalized spacial score (nSPS) is 15.5. The lowest BCUT2D eigenvalue weighted by molar-refractivity contribution is -0.118. The summed E-state index contributed by atoms with van der Waals surface area (Å²) in [4.78, 5) is 36.3. The van der Waals surface area contributed by atoms with Gasteiger partial charge in [-0.1, -0.05) is 6.07 Å². The molecule has 0 radical (unpaired) electrons. The predicted molar refractivity (Wildman–Crippen MR) is 126 cm³/mol. The highest BCUT2D eigenvalue weighted by Gasteiger charge is 2.49. The van der Waals surface area contributed by atoms with E-state index in [2.05, 4.69) is 9.97 Å². The van der Waals surface area contributed by atoms with Crippen LogP contribution in [0.15, 0.2) is 48.8 Å². The Bertz CT molecular complexity index is 1310. The number of amides is 2. The van der Waals surface area contributed by atoms with Gasteiger partial charge in [-0.05, 0) is 35.9 Å². The first-order valence-electron chi connectivity index (χ1n) is 11.0. The number of methoxy groups -OCH3 is 1. The molecule has 3 aromatic rings. The van der Waals surface area contributed by atoms with E-state index in [1.165, 1.54) is 25.1 Å². The third-order valence-electron chi connectivity index (χ3n) is 6.43. The number of halogens is 1. The van der Waals surface area contributed by atoms with Gasteiger partial charge in [0, 0.05) is 48.4 Å². The van der Waals surface area contributed by atoms with Crippen LogP contribution in [0.1, 0.15) is 15.9 Å². The van der Waals surface area contributed by atoms with E-state index in [-0.39, 0.29) is 17.9 Å². The number of hydrogen-bond donors (Lipinski definition) is 1. The summed E-state index contributed by atoms with van der Waals surface area (Å²) in [6, 6.07) is 9.93. The molecule has 9 nitrogen and oxygen atoms in total. The second-order valence-electron chi connectivity index (χ2n) is 8.84. The fourth-order valence-electron chi connectivity index (χ4n) is 4.56. The van der Waals surface area contributed by atoms with E-state index in [0.29, 0.717) is 48.1 Å². The molecule has 0 aliphatic carbocycles. The maximum absolute atomic E-state index is 14.4. The first-order valence-corrected chi connectivity index (χ1v) is 11.0. The Kier molecular flexibility index (Phi) is 5.60. The van der Waals surface area contributed by atoms with Crippen LogP contribution in [0.5, 0.6) is 5.75 Å². The number of nitrogens with two attached hydrogens (primary N) is 1. The summed E-state index contributed by atoms with van der Waals surface area (Å²) in [5.74, 6) is -0.346. The van der Waals surface area contributed by atoms with Crippen LogP contribution in [0.4, 0.5) is 16.0 Å². The van der Waals surface area contributed by atoms with Gasteiger partial charge in [-0.25, -0.2) is 14.4 Å². The van der Waals surface area contributed by atoms with Crippen molar-refractivity contribution in [1.82, 2.24) is 14.9 Å². The molecule has 0 saturated carbocycles. The van der Waals surface area contributed by atoms with Crippen LogP contribution < -0.4 is 15.4 Å². The zero-order valence-electron chi connectivity index (χ0n) is 19.3. The standard InChI is InChI=1S/C25H24FN5O4/c1-30(11-22(27)32)23(33)15-3-5-19-21(7-15)31(12-25(19)13-35-14-25)24-28-9-16(10-29-24)18-8-17(34-2)4-6-20(18)26/h3-10H,11-14H2,1-2H3,(H2,27,32). The molecular formula is C25H24FN5O4. The smallest absolute Gasteiger partial charge is 0.254 e. The predicted octanol–water partition coefficient (Wildman–Crippen LogP) is 2.27. The molecule has 2 aliphatic heterocycles. The van der Waals surface area contributed by atoms with E-state index in [0.717, 1.165) is 11.3 Å². The van der Waals surface area contributed by atoms with Crippen LogP contribution in [0.3, 0.4) is 0 Å². The van der Waals surface area contributed by atoms with Gasteiger partial charge >= 0.3 is 0 Å². The summed E-state index contributed by atoms with van der Waals surface area (Å²) in [5.41, 5.74) is 8.15. The SMILES string of the molecule is COc1ccc(F)c(-c2cnc(N3CC4(COC4)c4ccc(C(=O)N(C)CC(N)=O)cc43)nc2)c1. The number of hydrogen-bond acceptors (Lipinski definition) is 7. The van der Waals surface area contributed by atoms with Gasteiger partial charge < -0.3 is 25.0 Å². The average Bonchev–Trinajstić information content (AvgIpc) is 3.19. The lowest BCUT2D eigenvalue weighted by Crippen LogP contribution is -2.49. The van der Waals surface area contributed by atoms with Crippen molar-refractivity contribution in [2.75, 3.05) is 45.4 Å². The summed E-state index contributed by atoms with van der Waals surface area (Å²) in [6.07, 6.45) is 3.13. The van der Waals surface area contributed by atoms with Crippen LogP contribution in [-0.4, -0.2) is 67.1 Å². The molecule has 5 rings (SSSR count). The molecule has 1 saturated heterocycles. The molecule has 1 aromatic heterocycles. The third-order valence-corrected chi connectivity index (χ3v) is 6.43. The largest absolute Gasteiger partial charge is 0.497 e. The van der Waals surface area contributed by atoms with E-state index in [1.807, 2.05) is 11.0 Å². The van der Waals surface area contributed by atoms with E-state index in [1.54, 1.807) is 36.7 Å². The van der Waals surface area contributed by atoms with Gasteiger partial charge in [-0.2, -0.15) is 0 Å². The Hall–Kier alpha value is -4.05. The molecular weight excluding hydrogens is 453 g/mol. The topological polar surface area (TPSA) is 111 Å². The number of aromatic nitrogens is 2. The Balaban J connectivity index is 1.49. The van der Waals surface area contributed by atoms with Crippen molar-refractivity contribution in [3.63, 3.8) is 0 Å². The van der Waals surface area contributed by atoms with Gasteiger partial charge in [0.25, 0.3) is 5.91 Å². The van der Waals surface area contributed by atoms with Gasteiger partial charge in [0.2, 0.25) is 11.9 Å². The van der Waals surface area contributed by atoms with Crippen LogP contribution in [0.2, 0.25) is 0 Å². The molecule has 2 N–H and O–H groups in total. The van der Waals surface area contributed by atoms with Crippen molar-refractivity contribution in [3.8, 4) is 16.9 Å². The van der Waals surface area contributed by atoms with E-state index >= 15 is 0 Å². The second kappa shape index (κ2) is 8.62. The Morgan fingerprint density at radius 2 is 1.94 bits per heavy atom. The maximum atomic E-state index is 14.4. The molecule has 2 amide bonds. The molecule has 180 valence electrons. The van der Waals surface area contributed by atoms with Crippen molar-refractivity contribution in [1.29, 1.82) is 0 Å². The van der Waals surface area contributed by atoms with Crippen LogP contribution >= 0.6 is 0 Å². The molecule has 3 heterocycles. The Morgan fingerprint density at radius 1 is 1.20 bits per heavy atom. The lowest BCUT2D eigenvalue weighted by Gasteiger charge is -2.38. The number of anilines is 2. The summed E-state index contributed by atoms with van der Waals surface area (Å²) in [7, 11) is 3.05. The summed E-state index contributed by atoms with van der Waals surface area (Å²) >= 11 is 0. The Labute approximate surface area is 201 Å². The molecule has 0 bridgehead atoms. The molecule has 35 heavy (non-hydrogen) atoms. The van der Waals surface area contributed by atoms with Crippen LogP contribution in [0, 0.1) is 5.82 Å². The minimum Gasteiger partial charge on any atom is -0.497 e. The van der Waals surface area contributed by atoms with Gasteiger partial charge in [-0.3, -0.25) is 9.59 Å². The first-order chi connectivity index (χ1) is 16.8. The number of fused-ring (bicyclic) bond motifs is 2. The minimum absolute atomic E-state index is 0.178. The van der Waals surface area contributed by atoms with E-state index in [4.69, 9.17) is 15.2 Å². The van der Waals surface area contributed by atoms with Crippen LogP contribution in [-0.2, 0) is 14.9 Å². The van der Waals surface area contributed by atoms with Crippen molar-refractivity contribution < 1.29 is 23.5 Å². The summed E-state index contributed by atoms with van der Waals surface area (Å²) < 4.78 is 25.1. The molecule has 2 aliphatic rings. The van der Waals surface area contributed by atoms with Crippen molar-refractivity contribution in [3.05, 3.63) is 65.7 Å². The highest BCUT2D eigenvalue weighted by molar-refractivity contribution is 5.97. The number of ether oxygens (including phenoxy) is 2. The third kappa shape index (κ3) is 3.95. The quantitative estimate of drug-likeness (QED) is 0.580. The molecule has 1 fully saturated rings. The molecule has 0 atom stereocenters. The maximum Gasteiger partial charge on any atom is 0.254 e. The molecule has 0 unspecified atom stereocenters. The fourth-order valence-corrected chi connectivity index (χ4v) is 4.56. The lowest BCUT2D eigenvalue weighted by atomic mass is 9.80. The van der Waals surface area contributed by atoms with E-state index in [9.17, 15) is 14.0 Å². The monoisotopic (exact) mass is 477 g/mol. The number of benzene rings is 2. The fraction of sp³-hybridized carbons (Fsp3) is 0.280. The van der Waals surface area contributed by atoms with Gasteiger partial charge in [0.15, 0.2) is 0 Å². The number of nitrogens with zero attached hydrogens (tertiary/aromatic N) is 4. The van der Waals surface area contributed by atoms with Crippen molar-refractivity contribution >= 4 is 23.5 Å². The molecule has 10 heteroatoms. The highest BCUT2D eigenvalue weighted by atomic mass is 19.1. The molecule has 2 aromatic carbocycles. The van der Waals surface area contributed by atoms with Gasteiger partial charge in [-0.15, -0.1) is 0 Å². The second-order valence-corrected chi connectivity index (χ2v) is 8.84. The highest BCUT2D eigenvalue weighted by Crippen LogP contribution is 2.48. The number of likely N-dealkylation sites (N-methyl/N-ethyl adjacent to an activating group) is 1. The van der Waals surface area contributed by atoms with Gasteiger partial charge in [0.05, 0.1) is 32.3 Å². The molecule has 1 spiro atoms. The number of rotatable bonds is 6. The van der Waals surface area contributed by atoms with Crippen molar-refractivity contribution in [2.24, 2.45) is 5.73 Å². The zero-order valence-corrected chi connectivity index (χ0v) is 19.3. The zero-order chi connectivity index (χ0) is 24.7. The minimum atomic E-state index is -0.588. The van der Waals surface area contributed by atoms with Crippen LogP contribution in [0.25, 0.3) is 11.1 Å². The number of carbonyl (C=O) groups is 2. The van der Waals surface area contributed by atoms with Crippen molar-refractivity contribution in [2.45, 2.75) is 5.41 Å².